The number of unbranched alkanes of at least 4 members (excludes halogenated alkanes) is 14. The van der Waals surface area contributed by atoms with Crippen LogP contribution in [0.1, 0.15) is 110 Å². The van der Waals surface area contributed by atoms with E-state index in [4.69, 9.17) is 38.6 Å². The Kier molecular flexibility index (Phi) is 35.6. The number of carbonyl (C=O) groups excluding carboxylic acids is 1. The maximum absolute atomic E-state index is 12.6. The van der Waals surface area contributed by atoms with Gasteiger partial charge in [0.15, 0.2) is 0 Å². The van der Waals surface area contributed by atoms with E-state index >= 15 is 0 Å². The van der Waals surface area contributed by atoms with Gasteiger partial charge in [0.1, 0.15) is 36.6 Å². The van der Waals surface area contributed by atoms with E-state index in [0.717, 1.165) is 25.7 Å². The highest BCUT2D eigenvalue weighted by Gasteiger charge is 2.18. The second kappa shape index (κ2) is 36.4. The number of rotatable bonds is 39. The third-order valence-corrected chi connectivity index (χ3v) is 7.79. The zero-order valence-corrected chi connectivity index (χ0v) is 30.8. The van der Waals surface area contributed by atoms with Crippen LogP contribution in [0.4, 0.5) is 0 Å². The highest BCUT2D eigenvalue weighted by molar-refractivity contribution is 5.69. The highest BCUT2D eigenvalue weighted by Crippen LogP contribution is 2.14. The predicted molar refractivity (Wildman–Crippen MR) is 188 cm³/mol. The molecule has 300 valence electrons. The van der Waals surface area contributed by atoms with Crippen LogP contribution in [0.15, 0.2) is 0 Å². The number of aliphatic hydroxyl groups excluding tert-OH is 7. The van der Waals surface area contributed by atoms with Crippen molar-refractivity contribution >= 4 is 5.97 Å². The molecule has 0 aliphatic carbocycles. The normalized spacial score (nSPS) is 15.4. The van der Waals surface area contributed by atoms with Crippen molar-refractivity contribution in [1.29, 1.82) is 0 Å². The molecule has 0 aliphatic rings. The zero-order valence-electron chi connectivity index (χ0n) is 30.8. The van der Waals surface area contributed by atoms with Crippen molar-refractivity contribution < 1.29 is 69.0 Å². The molecule has 0 radical (unpaired) electrons. The minimum atomic E-state index is -1.04. The van der Waals surface area contributed by atoms with Gasteiger partial charge >= 0.3 is 5.97 Å². The Morgan fingerprint density at radius 3 is 1.02 bits per heavy atom. The summed E-state index contributed by atoms with van der Waals surface area (Å²) in [5.41, 5.74) is 0. The molecule has 50 heavy (non-hydrogen) atoms. The second-order valence-electron chi connectivity index (χ2n) is 13.1. The van der Waals surface area contributed by atoms with E-state index in [1.165, 1.54) is 70.6 Å². The maximum Gasteiger partial charge on any atom is 0.306 e. The van der Waals surface area contributed by atoms with E-state index in [-0.39, 0.29) is 78.5 Å². The van der Waals surface area contributed by atoms with Gasteiger partial charge in [0.2, 0.25) is 0 Å². The molecular formula is C36H72O14. The quantitative estimate of drug-likeness (QED) is 0.0357. The Hall–Kier alpha value is -1.01. The summed E-state index contributed by atoms with van der Waals surface area (Å²) in [7, 11) is 0. The molecule has 0 aromatic rings. The minimum Gasteiger partial charge on any atom is -0.457 e. The largest absolute Gasteiger partial charge is 0.457 e. The van der Waals surface area contributed by atoms with Gasteiger partial charge < -0.3 is 64.2 Å². The molecule has 0 saturated heterocycles. The lowest BCUT2D eigenvalue weighted by Crippen LogP contribution is -2.33. The molecule has 6 unspecified atom stereocenters. The maximum atomic E-state index is 12.6. The molecule has 0 amide bonds. The lowest BCUT2D eigenvalue weighted by atomic mass is 10.0. The first-order valence-corrected chi connectivity index (χ1v) is 18.9. The summed E-state index contributed by atoms with van der Waals surface area (Å²) in [5, 5.41) is 66.3. The van der Waals surface area contributed by atoms with Crippen molar-refractivity contribution in [3.63, 3.8) is 0 Å². The van der Waals surface area contributed by atoms with E-state index in [9.17, 15) is 30.3 Å². The van der Waals surface area contributed by atoms with Crippen molar-refractivity contribution in [2.45, 2.75) is 146 Å². The summed E-state index contributed by atoms with van der Waals surface area (Å²) >= 11 is 0. The summed E-state index contributed by atoms with van der Waals surface area (Å²) in [5.74, 6) is -0.384. The van der Waals surface area contributed by atoms with Gasteiger partial charge in [-0.1, -0.05) is 96.8 Å². The van der Waals surface area contributed by atoms with Crippen LogP contribution in [0.5, 0.6) is 0 Å². The number of aliphatic hydroxyl groups is 7. The lowest BCUT2D eigenvalue weighted by molar-refractivity contribution is -0.158. The van der Waals surface area contributed by atoms with E-state index in [0.29, 0.717) is 0 Å². The Morgan fingerprint density at radius 1 is 0.420 bits per heavy atom. The SMILES string of the molecule is CCCCCCCCCCCCCCCCCC(=O)OC(COCC(O)COCC(O)CO)COCC(O)COCC(O)COCC(O)CO. The van der Waals surface area contributed by atoms with Crippen LogP contribution in [0.2, 0.25) is 0 Å². The van der Waals surface area contributed by atoms with Gasteiger partial charge in [-0.15, -0.1) is 0 Å². The molecule has 0 bridgehead atoms. The van der Waals surface area contributed by atoms with Crippen LogP contribution in [-0.2, 0) is 33.2 Å². The van der Waals surface area contributed by atoms with E-state index < -0.39 is 49.8 Å². The van der Waals surface area contributed by atoms with Crippen molar-refractivity contribution in [3.8, 4) is 0 Å². The fourth-order valence-corrected chi connectivity index (χ4v) is 4.94. The van der Waals surface area contributed by atoms with Gasteiger partial charge in [-0.25, -0.2) is 0 Å². The van der Waals surface area contributed by atoms with E-state index in [2.05, 4.69) is 6.92 Å². The monoisotopic (exact) mass is 728 g/mol. The first kappa shape index (κ1) is 49.0. The standard InChI is InChI=1S/C36H72O14/c1-2-3-4-5-6-7-8-9-10-11-12-13-14-15-16-17-36(44)50-35(28-48-26-33(42)23-46-21-31(40)19-38)29-49-27-34(43)25-47-24-32(41)22-45-20-30(39)18-37/h30-35,37-43H,2-29H2,1H3. The Morgan fingerprint density at radius 2 is 0.700 bits per heavy atom. The fraction of sp³-hybridized carbons (Fsp3) is 0.972. The summed E-state index contributed by atoms with van der Waals surface area (Å²) in [6.45, 7) is 0.231. The predicted octanol–water partition coefficient (Wildman–Crippen LogP) is 2.03. The molecule has 14 nitrogen and oxygen atoms in total. The molecule has 7 N–H and O–H groups in total. The average molecular weight is 729 g/mol. The third-order valence-electron chi connectivity index (χ3n) is 7.79. The van der Waals surface area contributed by atoms with Gasteiger partial charge in [-0.3, -0.25) is 4.79 Å². The molecule has 0 fully saturated rings. The average Bonchev–Trinajstić information content (AvgIpc) is 3.09. The van der Waals surface area contributed by atoms with Crippen LogP contribution in [0, 0.1) is 0 Å². The molecule has 0 rings (SSSR count). The van der Waals surface area contributed by atoms with Crippen molar-refractivity contribution in [2.24, 2.45) is 0 Å². The topological polar surface area (TPSA) is 214 Å². The third kappa shape index (κ3) is 34.1. The molecule has 0 aromatic carbocycles. The Labute approximate surface area is 300 Å². The van der Waals surface area contributed by atoms with Crippen LogP contribution in [0.3, 0.4) is 0 Å². The van der Waals surface area contributed by atoms with Crippen molar-refractivity contribution in [3.05, 3.63) is 0 Å². The van der Waals surface area contributed by atoms with E-state index in [1.807, 2.05) is 0 Å². The molecule has 0 aliphatic heterocycles. The number of hydrogen-bond donors (Lipinski definition) is 7. The number of esters is 1. The molecule has 6 atom stereocenters. The molecule has 14 heteroatoms. The van der Waals surface area contributed by atoms with Crippen molar-refractivity contribution in [2.75, 3.05) is 79.3 Å². The first-order valence-electron chi connectivity index (χ1n) is 18.9. The Balaban J connectivity index is 4.32. The molecule has 0 spiro atoms. The summed E-state index contributed by atoms with van der Waals surface area (Å²) < 4.78 is 32.1. The summed E-state index contributed by atoms with van der Waals surface area (Å²) in [6.07, 6.45) is 12.9. The molecule has 0 heterocycles. The smallest absolute Gasteiger partial charge is 0.306 e. The van der Waals surface area contributed by atoms with Crippen LogP contribution < -0.4 is 0 Å². The van der Waals surface area contributed by atoms with Gasteiger partial charge in [-0.2, -0.15) is 0 Å². The zero-order chi connectivity index (χ0) is 37.1. The van der Waals surface area contributed by atoms with Gasteiger partial charge in [0.05, 0.1) is 79.3 Å². The second-order valence-corrected chi connectivity index (χ2v) is 13.1. The van der Waals surface area contributed by atoms with Gasteiger partial charge in [0, 0.05) is 6.42 Å². The number of hydrogen-bond acceptors (Lipinski definition) is 14. The van der Waals surface area contributed by atoms with Gasteiger partial charge in [0.25, 0.3) is 0 Å². The number of ether oxygens (including phenoxy) is 6. The summed E-state index contributed by atoms with van der Waals surface area (Å²) in [4.78, 5) is 12.6. The highest BCUT2D eigenvalue weighted by atomic mass is 16.6. The van der Waals surface area contributed by atoms with E-state index in [1.54, 1.807) is 0 Å². The molecular weight excluding hydrogens is 656 g/mol. The summed E-state index contributed by atoms with van der Waals surface area (Å²) in [6, 6.07) is 0. The minimum absolute atomic E-state index is 0.0648. The van der Waals surface area contributed by atoms with Gasteiger partial charge in [-0.05, 0) is 6.42 Å². The first-order chi connectivity index (χ1) is 24.2. The lowest BCUT2D eigenvalue weighted by Gasteiger charge is -2.21. The van der Waals surface area contributed by atoms with Crippen LogP contribution >= 0.6 is 0 Å². The van der Waals surface area contributed by atoms with Crippen LogP contribution in [-0.4, -0.2) is 158 Å². The van der Waals surface area contributed by atoms with Crippen molar-refractivity contribution in [1.82, 2.24) is 0 Å². The Bertz CT molecular complexity index is 718. The fourth-order valence-electron chi connectivity index (χ4n) is 4.94. The number of carbonyl (C=O) groups is 1. The van der Waals surface area contributed by atoms with Crippen LogP contribution in [0.25, 0.3) is 0 Å². The molecule has 0 saturated carbocycles. The molecule has 0 aromatic heterocycles.